The fourth-order valence-corrected chi connectivity index (χ4v) is 1.10. The van der Waals surface area contributed by atoms with Crippen LogP contribution in [0.3, 0.4) is 0 Å². The summed E-state index contributed by atoms with van der Waals surface area (Å²) in [7, 11) is 0. The number of halogens is 2. The van der Waals surface area contributed by atoms with Gasteiger partial charge in [-0.1, -0.05) is 13.8 Å². The minimum absolute atomic E-state index is 0.0930. The fourth-order valence-electron chi connectivity index (χ4n) is 1.10. The highest BCUT2D eigenvalue weighted by atomic mass is 19.3. The van der Waals surface area contributed by atoms with E-state index >= 15 is 0 Å². The maximum atomic E-state index is 13.2. The Balaban J connectivity index is 3.16. The van der Waals surface area contributed by atoms with E-state index in [-0.39, 0.29) is 5.92 Å². The predicted molar refractivity (Wildman–Crippen MR) is 51.4 cm³/mol. The van der Waals surface area contributed by atoms with Crippen LogP contribution in [-0.2, 0) is 10.7 Å². The van der Waals surface area contributed by atoms with Crippen molar-refractivity contribution in [1.29, 1.82) is 0 Å². The van der Waals surface area contributed by atoms with Gasteiger partial charge in [0, 0.05) is 6.20 Å². The molecule has 0 aliphatic heterocycles. The van der Waals surface area contributed by atoms with Crippen molar-refractivity contribution < 1.29 is 13.6 Å². The molecule has 15 heavy (non-hydrogen) atoms. The Morgan fingerprint density at radius 1 is 1.53 bits per heavy atom. The van der Waals surface area contributed by atoms with Crippen LogP contribution in [0.1, 0.15) is 31.0 Å². The number of amides is 1. The Labute approximate surface area is 86.3 Å². The molecule has 0 aliphatic rings. The van der Waals surface area contributed by atoms with Gasteiger partial charge in [0.05, 0.1) is 0 Å². The van der Waals surface area contributed by atoms with Gasteiger partial charge in [0.25, 0.3) is 5.91 Å². The minimum atomic E-state index is -3.70. The number of rotatable bonds is 3. The van der Waals surface area contributed by atoms with E-state index < -0.39 is 17.5 Å². The molecule has 0 saturated carbocycles. The predicted octanol–water partition coefficient (Wildman–Crippen LogP) is 1.78. The topological polar surface area (TPSA) is 56.0 Å². The molecule has 0 aromatic carbocycles. The molecule has 0 aliphatic carbocycles. The summed E-state index contributed by atoms with van der Waals surface area (Å²) >= 11 is 0. The highest BCUT2D eigenvalue weighted by Gasteiger charge is 2.40. The van der Waals surface area contributed by atoms with E-state index in [4.69, 9.17) is 0 Å². The fraction of sp³-hybridized carbons (Fsp3) is 0.400. The Morgan fingerprint density at radius 2 is 2.13 bits per heavy atom. The highest BCUT2D eigenvalue weighted by molar-refractivity contribution is 5.82. The number of hydrogen-bond donors (Lipinski definition) is 1. The lowest BCUT2D eigenvalue weighted by atomic mass is 10.0. The van der Waals surface area contributed by atoms with E-state index in [2.05, 4.69) is 10.7 Å². The summed E-state index contributed by atoms with van der Waals surface area (Å²) < 4.78 is 26.4. The monoisotopic (exact) mass is 214 g/mol. The van der Waals surface area contributed by atoms with Crippen LogP contribution in [-0.4, -0.2) is 10.9 Å². The second-order valence-electron chi connectivity index (χ2n) is 3.57. The number of carbonyl (C=O) groups excluding carboxylic acids is 1. The van der Waals surface area contributed by atoms with Crippen molar-refractivity contribution >= 4 is 5.91 Å². The van der Waals surface area contributed by atoms with Gasteiger partial charge < -0.3 is 5.73 Å². The summed E-state index contributed by atoms with van der Waals surface area (Å²) in [5.74, 6) is -5.29. The van der Waals surface area contributed by atoms with Crippen LogP contribution < -0.4 is 5.73 Å². The molecule has 0 fully saturated rings. The van der Waals surface area contributed by atoms with Gasteiger partial charge in [-0.25, -0.2) is 0 Å². The highest BCUT2D eigenvalue weighted by Crippen LogP contribution is 2.27. The average Bonchev–Trinajstić information content (AvgIpc) is 2.17. The van der Waals surface area contributed by atoms with Gasteiger partial charge in [-0.05, 0) is 23.6 Å². The Kier molecular flexibility index (Phi) is 3.02. The molecule has 1 heterocycles. The zero-order valence-corrected chi connectivity index (χ0v) is 8.50. The maximum Gasteiger partial charge on any atom is 0.365 e. The molecule has 1 rings (SSSR count). The quantitative estimate of drug-likeness (QED) is 0.833. The summed E-state index contributed by atoms with van der Waals surface area (Å²) in [6.07, 6.45) is 1.25. The molecule has 0 atom stereocenters. The molecule has 0 unspecified atom stereocenters. The van der Waals surface area contributed by atoms with Gasteiger partial charge >= 0.3 is 5.92 Å². The van der Waals surface area contributed by atoms with E-state index in [1.54, 1.807) is 6.07 Å². The molecule has 1 aromatic heterocycles. The van der Waals surface area contributed by atoms with Gasteiger partial charge in [0.2, 0.25) is 0 Å². The van der Waals surface area contributed by atoms with Crippen LogP contribution in [0.2, 0.25) is 0 Å². The molecule has 82 valence electrons. The Bertz CT molecular complexity index is 377. The Hall–Kier alpha value is -1.52. The number of carbonyl (C=O) groups is 1. The van der Waals surface area contributed by atoms with E-state index in [0.29, 0.717) is 5.56 Å². The lowest BCUT2D eigenvalue weighted by Crippen LogP contribution is -2.33. The maximum absolute atomic E-state index is 13.2. The van der Waals surface area contributed by atoms with Crippen LogP contribution in [0.25, 0.3) is 0 Å². The first-order valence-electron chi connectivity index (χ1n) is 4.50. The number of primary amides is 1. The standard InChI is InChI=1S/C10H12F2N2O/c1-6(2)7-3-4-14-8(5-7)10(11,12)9(13)15/h3-6H,1-2H3,(H2,13,15). The molecule has 0 spiro atoms. The van der Waals surface area contributed by atoms with Crippen molar-refractivity contribution in [3.63, 3.8) is 0 Å². The molecular weight excluding hydrogens is 202 g/mol. The molecule has 2 N–H and O–H groups in total. The molecule has 0 bridgehead atoms. The molecule has 0 radical (unpaired) electrons. The summed E-state index contributed by atoms with van der Waals surface area (Å²) in [6.45, 7) is 3.73. The van der Waals surface area contributed by atoms with Crippen molar-refractivity contribution in [2.24, 2.45) is 5.73 Å². The molecule has 1 aromatic rings. The summed E-state index contributed by atoms with van der Waals surface area (Å²) in [5.41, 5.74) is 4.70. The second kappa shape index (κ2) is 3.92. The van der Waals surface area contributed by atoms with Crippen LogP contribution >= 0.6 is 0 Å². The molecular formula is C10H12F2N2O. The molecule has 3 nitrogen and oxygen atoms in total. The van der Waals surface area contributed by atoms with Crippen molar-refractivity contribution in [3.05, 3.63) is 29.6 Å². The molecule has 5 heteroatoms. The average molecular weight is 214 g/mol. The number of alkyl halides is 2. The second-order valence-corrected chi connectivity index (χ2v) is 3.57. The van der Waals surface area contributed by atoms with E-state index in [1.165, 1.54) is 12.3 Å². The lowest BCUT2D eigenvalue weighted by molar-refractivity contribution is -0.143. The van der Waals surface area contributed by atoms with Gasteiger partial charge in [0.1, 0.15) is 5.69 Å². The van der Waals surface area contributed by atoms with Crippen molar-refractivity contribution in [2.45, 2.75) is 25.7 Å². The van der Waals surface area contributed by atoms with Crippen molar-refractivity contribution in [2.75, 3.05) is 0 Å². The van der Waals surface area contributed by atoms with Gasteiger partial charge in [-0.3, -0.25) is 9.78 Å². The first kappa shape index (κ1) is 11.6. The van der Waals surface area contributed by atoms with Gasteiger partial charge in [0.15, 0.2) is 0 Å². The lowest BCUT2D eigenvalue weighted by Gasteiger charge is -2.13. The summed E-state index contributed by atoms with van der Waals surface area (Å²) in [6, 6.07) is 2.83. The zero-order chi connectivity index (χ0) is 11.6. The van der Waals surface area contributed by atoms with Crippen LogP contribution in [0.5, 0.6) is 0 Å². The van der Waals surface area contributed by atoms with Gasteiger partial charge in [-0.2, -0.15) is 8.78 Å². The smallest absolute Gasteiger partial charge is 0.364 e. The van der Waals surface area contributed by atoms with Crippen LogP contribution in [0.15, 0.2) is 18.3 Å². The summed E-state index contributed by atoms with van der Waals surface area (Å²) in [5, 5.41) is 0. The SMILES string of the molecule is CC(C)c1ccnc(C(F)(F)C(N)=O)c1. The largest absolute Gasteiger partial charge is 0.365 e. The van der Waals surface area contributed by atoms with Crippen LogP contribution in [0.4, 0.5) is 8.78 Å². The van der Waals surface area contributed by atoms with Gasteiger partial charge in [-0.15, -0.1) is 0 Å². The first-order valence-corrected chi connectivity index (χ1v) is 4.50. The zero-order valence-electron chi connectivity index (χ0n) is 8.50. The Morgan fingerprint density at radius 3 is 2.60 bits per heavy atom. The van der Waals surface area contributed by atoms with E-state index in [0.717, 1.165) is 0 Å². The third-order valence-electron chi connectivity index (χ3n) is 2.08. The number of hydrogen-bond acceptors (Lipinski definition) is 2. The van der Waals surface area contributed by atoms with E-state index in [1.807, 2.05) is 13.8 Å². The van der Waals surface area contributed by atoms with Crippen molar-refractivity contribution in [3.8, 4) is 0 Å². The molecule has 1 amide bonds. The number of aromatic nitrogens is 1. The number of nitrogens with two attached hydrogens (primary N) is 1. The first-order chi connectivity index (χ1) is 6.85. The van der Waals surface area contributed by atoms with Crippen LogP contribution in [0, 0.1) is 0 Å². The van der Waals surface area contributed by atoms with E-state index in [9.17, 15) is 13.6 Å². The normalized spacial score (nSPS) is 11.8. The number of pyridine rings is 1. The minimum Gasteiger partial charge on any atom is -0.364 e. The summed E-state index contributed by atoms with van der Waals surface area (Å²) in [4.78, 5) is 14.0. The number of nitrogens with zero attached hydrogens (tertiary/aromatic N) is 1. The van der Waals surface area contributed by atoms with Crippen molar-refractivity contribution in [1.82, 2.24) is 4.98 Å². The molecule has 0 saturated heterocycles. The third-order valence-corrected chi connectivity index (χ3v) is 2.08. The third kappa shape index (κ3) is 2.29.